The van der Waals surface area contributed by atoms with Crippen molar-refractivity contribution < 1.29 is 4.92 Å². The van der Waals surface area contributed by atoms with Gasteiger partial charge in [0.25, 0.3) is 5.69 Å². The maximum absolute atomic E-state index is 11.0. The number of hydrogen-bond acceptors (Lipinski definition) is 5. The van der Waals surface area contributed by atoms with E-state index in [4.69, 9.17) is 5.73 Å². The van der Waals surface area contributed by atoms with Crippen LogP contribution in [0, 0.1) is 10.1 Å². The van der Waals surface area contributed by atoms with E-state index in [2.05, 4.69) is 4.98 Å². The summed E-state index contributed by atoms with van der Waals surface area (Å²) >= 11 is 0.998. The minimum Gasteiger partial charge on any atom is -0.399 e. The number of benzene rings is 1. The minimum absolute atomic E-state index is 0.0953. The average molecular weight is 237 g/mol. The molecule has 0 aliphatic carbocycles. The Morgan fingerprint density at radius 1 is 1.38 bits per heavy atom. The van der Waals surface area contributed by atoms with E-state index < -0.39 is 4.92 Å². The van der Waals surface area contributed by atoms with Crippen LogP contribution in [0.4, 0.5) is 11.4 Å². The third kappa shape index (κ3) is 1.94. The summed E-state index contributed by atoms with van der Waals surface area (Å²) in [5.41, 5.74) is 6.81. The van der Waals surface area contributed by atoms with Crippen molar-refractivity contribution in [3.8, 4) is 11.3 Å². The smallest absolute Gasteiger partial charge is 0.304 e. The molecular weight excluding hydrogens is 230 g/mol. The molecular formula is C9H7N3O3S. The summed E-state index contributed by atoms with van der Waals surface area (Å²) in [4.78, 5) is 23.4. The fourth-order valence-electron chi connectivity index (χ4n) is 1.32. The van der Waals surface area contributed by atoms with Crippen LogP contribution in [0.25, 0.3) is 11.3 Å². The predicted molar refractivity (Wildman–Crippen MR) is 61.4 cm³/mol. The molecule has 0 bridgehead atoms. The third-order valence-corrected chi connectivity index (χ3v) is 2.65. The molecule has 82 valence electrons. The molecule has 0 amide bonds. The van der Waals surface area contributed by atoms with Crippen molar-refractivity contribution in [2.24, 2.45) is 0 Å². The summed E-state index contributed by atoms with van der Waals surface area (Å²) in [6.45, 7) is 0. The first kappa shape index (κ1) is 10.4. The van der Waals surface area contributed by atoms with Crippen molar-refractivity contribution in [2.75, 3.05) is 5.73 Å². The van der Waals surface area contributed by atoms with Gasteiger partial charge in [-0.3, -0.25) is 14.9 Å². The van der Waals surface area contributed by atoms with Gasteiger partial charge in [0.05, 0.1) is 10.6 Å². The zero-order chi connectivity index (χ0) is 11.7. The van der Waals surface area contributed by atoms with Gasteiger partial charge in [0.1, 0.15) is 0 Å². The molecule has 2 aromatic rings. The Kier molecular flexibility index (Phi) is 2.45. The van der Waals surface area contributed by atoms with Crippen LogP contribution in [-0.4, -0.2) is 9.91 Å². The second-order valence-corrected chi connectivity index (χ2v) is 3.97. The fourth-order valence-corrected chi connectivity index (χ4v) is 1.91. The number of nitrogens with zero attached hydrogens (tertiary/aromatic N) is 1. The Morgan fingerprint density at radius 3 is 2.69 bits per heavy atom. The standard InChI is InChI=1S/C9H7N3O3S/c10-6-1-5(2-7(3-6)12(14)15)8-4-16-9(13)11-8/h1-4H,10H2,(H,11,13). The molecule has 0 aliphatic rings. The first-order chi connectivity index (χ1) is 7.56. The summed E-state index contributed by atoms with van der Waals surface area (Å²) in [6.07, 6.45) is 0. The maximum atomic E-state index is 11.0. The Hall–Kier alpha value is -2.15. The van der Waals surface area contributed by atoms with Gasteiger partial charge in [0, 0.05) is 28.8 Å². The predicted octanol–water partition coefficient (Wildman–Crippen LogP) is 1.59. The molecule has 1 aromatic heterocycles. The monoisotopic (exact) mass is 237 g/mol. The molecule has 0 radical (unpaired) electrons. The first-order valence-electron chi connectivity index (χ1n) is 4.29. The van der Waals surface area contributed by atoms with Crippen LogP contribution in [-0.2, 0) is 0 Å². The van der Waals surface area contributed by atoms with Gasteiger partial charge in [0.15, 0.2) is 0 Å². The highest BCUT2D eigenvalue weighted by molar-refractivity contribution is 7.07. The Labute approximate surface area is 93.5 Å². The van der Waals surface area contributed by atoms with E-state index in [1.54, 1.807) is 11.4 Å². The molecule has 0 atom stereocenters. The molecule has 2 rings (SSSR count). The van der Waals surface area contributed by atoms with E-state index in [0.717, 1.165) is 11.3 Å². The van der Waals surface area contributed by atoms with Crippen LogP contribution in [0.15, 0.2) is 28.4 Å². The molecule has 1 aromatic carbocycles. The SMILES string of the molecule is Nc1cc(-c2csc(=O)[nH]2)cc([N+](=O)[O-])c1. The molecule has 1 heterocycles. The minimum atomic E-state index is -0.523. The van der Waals surface area contributed by atoms with Gasteiger partial charge in [0.2, 0.25) is 0 Å². The van der Waals surface area contributed by atoms with E-state index in [9.17, 15) is 14.9 Å². The lowest BCUT2D eigenvalue weighted by Gasteiger charge is -2.00. The highest BCUT2D eigenvalue weighted by Crippen LogP contribution is 2.25. The second-order valence-electron chi connectivity index (χ2n) is 3.13. The molecule has 7 heteroatoms. The molecule has 0 fully saturated rings. The molecule has 0 saturated carbocycles. The van der Waals surface area contributed by atoms with Crippen LogP contribution in [0.3, 0.4) is 0 Å². The number of nitrogens with one attached hydrogen (secondary N) is 1. The van der Waals surface area contributed by atoms with Crippen molar-refractivity contribution in [3.63, 3.8) is 0 Å². The van der Waals surface area contributed by atoms with E-state index in [1.807, 2.05) is 0 Å². The lowest BCUT2D eigenvalue weighted by molar-refractivity contribution is -0.384. The number of thiazole rings is 1. The van der Waals surface area contributed by atoms with Crippen molar-refractivity contribution in [1.29, 1.82) is 0 Å². The molecule has 6 nitrogen and oxygen atoms in total. The normalized spacial score (nSPS) is 10.2. The number of H-pyrrole nitrogens is 1. The van der Waals surface area contributed by atoms with E-state index in [-0.39, 0.29) is 16.2 Å². The van der Waals surface area contributed by atoms with E-state index >= 15 is 0 Å². The summed E-state index contributed by atoms with van der Waals surface area (Å²) in [5.74, 6) is 0. The molecule has 0 spiro atoms. The number of rotatable bonds is 2. The van der Waals surface area contributed by atoms with Gasteiger partial charge < -0.3 is 10.7 Å². The van der Waals surface area contributed by atoms with Crippen LogP contribution in [0.5, 0.6) is 0 Å². The van der Waals surface area contributed by atoms with Gasteiger partial charge in [-0.25, -0.2) is 0 Å². The molecule has 16 heavy (non-hydrogen) atoms. The zero-order valence-electron chi connectivity index (χ0n) is 7.97. The fraction of sp³-hybridized carbons (Fsp3) is 0. The summed E-state index contributed by atoms with van der Waals surface area (Å²) in [6, 6.07) is 4.22. The van der Waals surface area contributed by atoms with Crippen molar-refractivity contribution in [1.82, 2.24) is 4.98 Å². The number of anilines is 1. The summed E-state index contributed by atoms with van der Waals surface area (Å²) in [5, 5.41) is 12.2. The number of aromatic nitrogens is 1. The molecule has 0 saturated heterocycles. The number of non-ortho nitro benzene ring substituents is 1. The number of nitro groups is 1. The molecule has 0 unspecified atom stereocenters. The molecule has 0 aliphatic heterocycles. The van der Waals surface area contributed by atoms with Gasteiger partial charge in [-0.2, -0.15) is 0 Å². The lowest BCUT2D eigenvalue weighted by atomic mass is 10.1. The number of nitrogen functional groups attached to an aromatic ring is 1. The van der Waals surface area contributed by atoms with Crippen LogP contribution < -0.4 is 10.6 Å². The van der Waals surface area contributed by atoms with Crippen LogP contribution >= 0.6 is 11.3 Å². The van der Waals surface area contributed by atoms with Gasteiger partial charge in [-0.1, -0.05) is 11.3 Å². The second kappa shape index (κ2) is 3.78. The average Bonchev–Trinajstić information content (AvgIpc) is 2.64. The summed E-state index contributed by atoms with van der Waals surface area (Å²) in [7, 11) is 0. The number of hydrogen-bond donors (Lipinski definition) is 2. The Balaban J connectivity index is 2.57. The lowest BCUT2D eigenvalue weighted by Crippen LogP contribution is -1.95. The van der Waals surface area contributed by atoms with E-state index in [1.165, 1.54) is 12.1 Å². The van der Waals surface area contributed by atoms with Gasteiger partial charge >= 0.3 is 4.87 Å². The third-order valence-electron chi connectivity index (χ3n) is 1.98. The van der Waals surface area contributed by atoms with Crippen molar-refractivity contribution in [3.05, 3.63) is 43.4 Å². The van der Waals surface area contributed by atoms with Crippen molar-refractivity contribution >= 4 is 22.7 Å². The molecule has 3 N–H and O–H groups in total. The highest BCUT2D eigenvalue weighted by Gasteiger charge is 2.10. The summed E-state index contributed by atoms with van der Waals surface area (Å²) < 4.78 is 0. The number of nitro benzene ring substituents is 1. The Morgan fingerprint density at radius 2 is 2.12 bits per heavy atom. The highest BCUT2D eigenvalue weighted by atomic mass is 32.1. The largest absolute Gasteiger partial charge is 0.399 e. The first-order valence-corrected chi connectivity index (χ1v) is 5.17. The zero-order valence-corrected chi connectivity index (χ0v) is 8.78. The van der Waals surface area contributed by atoms with Crippen molar-refractivity contribution in [2.45, 2.75) is 0 Å². The topological polar surface area (TPSA) is 102 Å². The van der Waals surface area contributed by atoms with E-state index in [0.29, 0.717) is 11.3 Å². The van der Waals surface area contributed by atoms with Gasteiger partial charge in [-0.05, 0) is 6.07 Å². The number of nitrogens with two attached hydrogens (primary N) is 1. The van der Waals surface area contributed by atoms with Crippen LogP contribution in [0.2, 0.25) is 0 Å². The quantitative estimate of drug-likeness (QED) is 0.470. The Bertz CT molecular complexity index is 602. The van der Waals surface area contributed by atoms with Crippen LogP contribution in [0.1, 0.15) is 0 Å². The number of aromatic amines is 1. The maximum Gasteiger partial charge on any atom is 0.304 e. The van der Waals surface area contributed by atoms with Gasteiger partial charge in [-0.15, -0.1) is 0 Å².